The summed E-state index contributed by atoms with van der Waals surface area (Å²) in [7, 11) is 0. The van der Waals surface area contributed by atoms with Gasteiger partial charge in [-0.1, -0.05) is 97.1 Å². The van der Waals surface area contributed by atoms with Gasteiger partial charge in [0.05, 0.1) is 33.5 Å². The highest BCUT2D eigenvalue weighted by molar-refractivity contribution is 5.87. The molecule has 0 spiro atoms. The summed E-state index contributed by atoms with van der Waals surface area (Å²) in [5.74, 6) is 0. The van der Waals surface area contributed by atoms with Crippen molar-refractivity contribution in [2.75, 3.05) is 0 Å². The van der Waals surface area contributed by atoms with E-state index in [-0.39, 0.29) is 12.1 Å². The SMILES string of the molecule is CC(C)N/C(=C\c1nc2ccccc2cc1C#N)c1ccccc1.CC(C)N/C(=C\c1nc2ccccc2cc1C#N)c1ccccc1. The first-order valence-corrected chi connectivity index (χ1v) is 16.0. The molecule has 0 atom stereocenters. The molecule has 0 aliphatic heterocycles. The van der Waals surface area contributed by atoms with Crippen LogP contribution in [0.3, 0.4) is 0 Å². The van der Waals surface area contributed by atoms with Crippen LogP contribution in [0.15, 0.2) is 121 Å². The van der Waals surface area contributed by atoms with Crippen LogP contribution in [-0.4, -0.2) is 22.1 Å². The quantitative estimate of drug-likeness (QED) is 0.175. The van der Waals surface area contributed by atoms with Gasteiger partial charge in [0.1, 0.15) is 12.1 Å². The maximum atomic E-state index is 9.50. The van der Waals surface area contributed by atoms with Crippen molar-refractivity contribution in [2.45, 2.75) is 39.8 Å². The highest BCUT2D eigenvalue weighted by Crippen LogP contribution is 2.23. The predicted molar refractivity (Wildman–Crippen MR) is 198 cm³/mol. The van der Waals surface area contributed by atoms with E-state index in [1.54, 1.807) is 0 Å². The lowest BCUT2D eigenvalue weighted by atomic mass is 10.1. The standard InChI is InChI=1S/2C21H19N3/c2*1-15(2)23-20(16-8-4-3-5-9-16)13-21-18(14-22)12-17-10-6-7-11-19(17)24-21/h2*3-13,15,23H,1-2H3/b2*20-13-. The van der Waals surface area contributed by atoms with Gasteiger partial charge in [0.25, 0.3) is 0 Å². The Hall–Kier alpha value is -6.24. The van der Waals surface area contributed by atoms with Gasteiger partial charge < -0.3 is 10.6 Å². The van der Waals surface area contributed by atoms with E-state index in [1.807, 2.05) is 133 Å². The number of nitriles is 2. The molecule has 0 bridgehead atoms. The number of nitrogens with one attached hydrogen (secondary N) is 2. The van der Waals surface area contributed by atoms with Crippen LogP contribution in [0.25, 0.3) is 45.4 Å². The molecule has 4 aromatic carbocycles. The minimum atomic E-state index is 0.280. The zero-order valence-corrected chi connectivity index (χ0v) is 27.6. The Balaban J connectivity index is 0.000000188. The molecule has 236 valence electrons. The number of nitrogens with zero attached hydrogens (tertiary/aromatic N) is 4. The van der Waals surface area contributed by atoms with E-state index >= 15 is 0 Å². The zero-order chi connectivity index (χ0) is 33.9. The monoisotopic (exact) mass is 626 g/mol. The Morgan fingerprint density at radius 3 is 1.25 bits per heavy atom. The molecule has 6 heteroatoms. The maximum Gasteiger partial charge on any atom is 0.101 e. The van der Waals surface area contributed by atoms with E-state index in [0.29, 0.717) is 22.5 Å². The number of hydrogen-bond acceptors (Lipinski definition) is 6. The second kappa shape index (κ2) is 15.9. The molecule has 2 heterocycles. The van der Waals surface area contributed by atoms with Gasteiger partial charge >= 0.3 is 0 Å². The second-order valence-corrected chi connectivity index (χ2v) is 11.9. The fourth-order valence-electron chi connectivity index (χ4n) is 5.21. The van der Waals surface area contributed by atoms with E-state index in [4.69, 9.17) is 0 Å². The van der Waals surface area contributed by atoms with Crippen LogP contribution in [0.2, 0.25) is 0 Å². The first-order chi connectivity index (χ1) is 23.3. The van der Waals surface area contributed by atoms with Crippen LogP contribution >= 0.6 is 0 Å². The smallest absolute Gasteiger partial charge is 0.101 e. The number of para-hydroxylation sites is 2. The highest BCUT2D eigenvalue weighted by atomic mass is 14.9. The maximum absolute atomic E-state index is 9.50. The molecule has 0 fully saturated rings. The molecule has 0 saturated carbocycles. The van der Waals surface area contributed by atoms with Gasteiger partial charge in [-0.05, 0) is 75.2 Å². The lowest BCUT2D eigenvalue weighted by Crippen LogP contribution is -2.21. The number of rotatable bonds is 8. The first kappa shape index (κ1) is 33.1. The van der Waals surface area contributed by atoms with Crippen LogP contribution < -0.4 is 10.6 Å². The number of fused-ring (bicyclic) bond motifs is 2. The molecule has 0 aliphatic carbocycles. The van der Waals surface area contributed by atoms with E-state index in [0.717, 1.165) is 44.3 Å². The van der Waals surface area contributed by atoms with E-state index in [2.05, 4.69) is 60.4 Å². The fourth-order valence-corrected chi connectivity index (χ4v) is 5.21. The Kier molecular flexibility index (Phi) is 10.9. The third-order valence-electron chi connectivity index (χ3n) is 7.37. The van der Waals surface area contributed by atoms with Crippen LogP contribution in [0.5, 0.6) is 0 Å². The van der Waals surface area contributed by atoms with Crippen molar-refractivity contribution < 1.29 is 0 Å². The molecular formula is C42H38N6. The van der Waals surface area contributed by atoms with E-state index < -0.39 is 0 Å². The molecule has 0 radical (unpaired) electrons. The van der Waals surface area contributed by atoms with Gasteiger partial charge in [-0.2, -0.15) is 10.5 Å². The minimum absolute atomic E-state index is 0.280. The Morgan fingerprint density at radius 2 is 0.896 bits per heavy atom. The first-order valence-electron chi connectivity index (χ1n) is 16.0. The summed E-state index contributed by atoms with van der Waals surface area (Å²) in [5.41, 5.74) is 8.37. The van der Waals surface area contributed by atoms with Crippen LogP contribution in [0.1, 0.15) is 61.3 Å². The molecule has 0 aliphatic rings. The molecule has 6 rings (SSSR count). The molecule has 0 saturated heterocycles. The number of benzene rings is 4. The van der Waals surface area contributed by atoms with Crippen molar-refractivity contribution in [3.63, 3.8) is 0 Å². The Labute approximate surface area is 282 Å². The summed E-state index contributed by atoms with van der Waals surface area (Å²) in [6.45, 7) is 8.37. The van der Waals surface area contributed by atoms with Gasteiger partial charge in [0, 0.05) is 34.3 Å². The summed E-state index contributed by atoms with van der Waals surface area (Å²) >= 11 is 0. The topological polar surface area (TPSA) is 97.4 Å². The molecule has 48 heavy (non-hydrogen) atoms. The fraction of sp³-hybridized carbons (Fsp3) is 0.143. The average molecular weight is 627 g/mol. The third-order valence-corrected chi connectivity index (χ3v) is 7.37. The van der Waals surface area contributed by atoms with Gasteiger partial charge in [-0.3, -0.25) is 0 Å². The number of aromatic nitrogens is 2. The molecular weight excluding hydrogens is 589 g/mol. The summed E-state index contributed by atoms with van der Waals surface area (Å²) < 4.78 is 0. The lowest BCUT2D eigenvalue weighted by molar-refractivity contribution is 0.718. The molecule has 6 aromatic rings. The molecule has 0 amide bonds. The van der Waals surface area contributed by atoms with Gasteiger partial charge in [-0.15, -0.1) is 0 Å². The van der Waals surface area contributed by atoms with E-state index in [9.17, 15) is 10.5 Å². The molecule has 6 nitrogen and oxygen atoms in total. The highest BCUT2D eigenvalue weighted by Gasteiger charge is 2.10. The van der Waals surface area contributed by atoms with Gasteiger partial charge in [0.15, 0.2) is 0 Å². The largest absolute Gasteiger partial charge is 0.382 e. The van der Waals surface area contributed by atoms with Crippen molar-refractivity contribution in [3.8, 4) is 12.1 Å². The third kappa shape index (κ3) is 8.51. The predicted octanol–water partition coefficient (Wildman–Crippen LogP) is 9.21. The second-order valence-electron chi connectivity index (χ2n) is 11.9. The Morgan fingerprint density at radius 1 is 0.542 bits per heavy atom. The van der Waals surface area contributed by atoms with E-state index in [1.165, 1.54) is 0 Å². The molecule has 2 aromatic heterocycles. The van der Waals surface area contributed by atoms with Crippen LogP contribution in [-0.2, 0) is 0 Å². The number of hydrogen-bond donors (Lipinski definition) is 2. The van der Waals surface area contributed by atoms with Crippen LogP contribution in [0.4, 0.5) is 0 Å². The number of pyridine rings is 2. The normalized spacial score (nSPS) is 11.5. The van der Waals surface area contributed by atoms with Crippen LogP contribution in [0, 0.1) is 22.7 Å². The van der Waals surface area contributed by atoms with Gasteiger partial charge in [-0.25, -0.2) is 9.97 Å². The summed E-state index contributed by atoms with van der Waals surface area (Å²) in [6, 6.07) is 44.8. The summed E-state index contributed by atoms with van der Waals surface area (Å²) in [4.78, 5) is 9.36. The van der Waals surface area contributed by atoms with Crippen molar-refractivity contribution in [1.29, 1.82) is 10.5 Å². The average Bonchev–Trinajstić information content (AvgIpc) is 3.11. The summed E-state index contributed by atoms with van der Waals surface area (Å²) in [5, 5.41) is 27.9. The van der Waals surface area contributed by atoms with Crippen molar-refractivity contribution >= 4 is 45.4 Å². The van der Waals surface area contributed by atoms with Gasteiger partial charge in [0.2, 0.25) is 0 Å². The zero-order valence-electron chi connectivity index (χ0n) is 27.6. The molecule has 2 N–H and O–H groups in total. The van der Waals surface area contributed by atoms with Crippen molar-refractivity contribution in [1.82, 2.24) is 20.6 Å². The van der Waals surface area contributed by atoms with Crippen molar-refractivity contribution in [2.24, 2.45) is 0 Å². The minimum Gasteiger partial charge on any atom is -0.382 e. The molecule has 0 unspecified atom stereocenters. The lowest BCUT2D eigenvalue weighted by Gasteiger charge is -2.15. The Bertz CT molecular complexity index is 1990. The summed E-state index contributed by atoms with van der Waals surface area (Å²) in [6.07, 6.45) is 3.92. The van der Waals surface area contributed by atoms with Crippen molar-refractivity contribution in [3.05, 3.63) is 155 Å².